The van der Waals surface area contributed by atoms with E-state index in [2.05, 4.69) is 50.1 Å². The Hall–Kier alpha value is -6.40. The molecule has 4 amide bonds. The second kappa shape index (κ2) is 17.4. The van der Waals surface area contributed by atoms with Crippen molar-refractivity contribution >= 4 is 35.0 Å². The van der Waals surface area contributed by atoms with Gasteiger partial charge >= 0.3 is 12.2 Å². The lowest BCUT2D eigenvalue weighted by atomic mass is 9.94. The molecule has 3 aliphatic heterocycles. The van der Waals surface area contributed by atoms with Gasteiger partial charge in [0.1, 0.15) is 23.7 Å². The number of imidazole rings is 2. The van der Waals surface area contributed by atoms with E-state index in [0.717, 1.165) is 39.0 Å². The normalized spacial score (nSPS) is 21.0. The average Bonchev–Trinajstić information content (AvgIpc) is 4.06. The maximum Gasteiger partial charge on any atom is 0.407 e. The van der Waals surface area contributed by atoms with Gasteiger partial charge in [0.05, 0.1) is 68.0 Å². The largest absolute Gasteiger partial charge is 0.453 e. The summed E-state index contributed by atoms with van der Waals surface area (Å²) in [5, 5.41) is 5.40. The molecule has 60 heavy (non-hydrogen) atoms. The maximum absolute atomic E-state index is 14.1. The Kier molecular flexibility index (Phi) is 12.1. The molecule has 0 saturated carbocycles. The number of ether oxygens (including phenoxy) is 3. The topological polar surface area (TPSA) is 184 Å². The fourth-order valence-electron chi connectivity index (χ4n) is 8.15. The van der Waals surface area contributed by atoms with Gasteiger partial charge in [0.2, 0.25) is 11.8 Å². The molecule has 2 fully saturated rings. The molecule has 4 N–H and O–H groups in total. The summed E-state index contributed by atoms with van der Waals surface area (Å²) in [5.41, 5.74) is 5.20. The van der Waals surface area contributed by atoms with Gasteiger partial charge in [0, 0.05) is 24.1 Å². The van der Waals surface area contributed by atoms with Gasteiger partial charge in [-0.25, -0.2) is 19.6 Å². The highest BCUT2D eigenvalue weighted by molar-refractivity contribution is 5.88. The number of amides is 4. The molecule has 0 aliphatic carbocycles. The van der Waals surface area contributed by atoms with Crippen molar-refractivity contribution in [1.29, 1.82) is 0 Å². The number of aromatic amines is 2. The number of aromatic nitrogens is 4. The number of methoxy groups -OCH3 is 2. The second-order valence-electron chi connectivity index (χ2n) is 16.4. The summed E-state index contributed by atoms with van der Waals surface area (Å²) < 4.78 is 15.9. The van der Waals surface area contributed by atoms with E-state index in [-0.39, 0.29) is 29.7 Å². The van der Waals surface area contributed by atoms with Crippen molar-refractivity contribution in [3.05, 3.63) is 95.7 Å². The Balaban J connectivity index is 1.06. The van der Waals surface area contributed by atoms with Crippen LogP contribution < -0.4 is 10.6 Å². The van der Waals surface area contributed by atoms with Gasteiger partial charge < -0.3 is 44.6 Å². The summed E-state index contributed by atoms with van der Waals surface area (Å²) in [6.45, 7) is 12.9. The lowest BCUT2D eigenvalue weighted by Gasteiger charge is -2.32. The van der Waals surface area contributed by atoms with E-state index >= 15 is 0 Å². The minimum atomic E-state index is -0.783. The summed E-state index contributed by atoms with van der Waals surface area (Å²) >= 11 is 0. The number of hydrogen-bond acceptors (Lipinski definition) is 9. The molecule has 15 nitrogen and oxygen atoms in total. The van der Waals surface area contributed by atoms with Gasteiger partial charge in [-0.05, 0) is 60.6 Å². The molecule has 2 saturated heterocycles. The zero-order valence-corrected chi connectivity index (χ0v) is 34.8. The predicted octanol–water partition coefficient (Wildman–Crippen LogP) is 5.93. The monoisotopic (exact) mass is 816 g/mol. The standard InChI is InChI=1S/C45H52N8O7/c1-26(2)37(50-43(56)58-6)41(54)52-24-28(5)20-35(52)39-46-23-34(49-39)31-15-12-29(13-16-31)10-11-30-14-17-32-33(21-30)48-40(47-32)36-22-45(18-8-9-19-60-45)25-53(36)42(55)38(27(3)4)51-44(57)59-7/h8-9,12-17,21,23,26-27,35-38H,5,18-20,22,24-25H2,1-4,6-7H3,(H,46,49)(H,47,48)(H,50,56)(H,51,57)/t35-,36-,37-,38-,45-/m0/s1. The van der Waals surface area contributed by atoms with E-state index in [1.165, 1.54) is 14.2 Å². The predicted molar refractivity (Wildman–Crippen MR) is 224 cm³/mol. The highest BCUT2D eigenvalue weighted by Crippen LogP contribution is 2.43. The second-order valence-corrected chi connectivity index (χ2v) is 16.4. The molecule has 2 aromatic heterocycles. The van der Waals surface area contributed by atoms with Crippen LogP contribution >= 0.6 is 0 Å². The summed E-state index contributed by atoms with van der Waals surface area (Å²) in [7, 11) is 2.55. The van der Waals surface area contributed by atoms with Gasteiger partial charge in [0.25, 0.3) is 0 Å². The Bertz CT molecular complexity index is 2370. The van der Waals surface area contributed by atoms with E-state index in [9.17, 15) is 19.2 Å². The first kappa shape index (κ1) is 41.7. The number of rotatable bonds is 9. The van der Waals surface area contributed by atoms with Crippen molar-refractivity contribution in [2.75, 3.05) is 33.9 Å². The number of nitrogens with zero attached hydrogens (tertiary/aromatic N) is 4. The van der Waals surface area contributed by atoms with E-state index in [4.69, 9.17) is 19.2 Å². The molecule has 15 heteroatoms. The minimum absolute atomic E-state index is 0.154. The van der Waals surface area contributed by atoms with Crippen LogP contribution in [0.4, 0.5) is 9.59 Å². The van der Waals surface area contributed by atoms with Crippen LogP contribution in [-0.4, -0.2) is 105 Å². The van der Waals surface area contributed by atoms with Crippen LogP contribution in [0.15, 0.2) is 73.0 Å². The Morgan fingerprint density at radius 2 is 1.52 bits per heavy atom. The summed E-state index contributed by atoms with van der Waals surface area (Å²) in [5.74, 6) is 7.04. The number of benzene rings is 2. The van der Waals surface area contributed by atoms with Crippen LogP contribution in [0, 0.1) is 23.7 Å². The summed E-state index contributed by atoms with van der Waals surface area (Å²) in [6.07, 6.45) is 6.30. The smallest absolute Gasteiger partial charge is 0.407 e. The molecule has 1 spiro atoms. The summed E-state index contributed by atoms with van der Waals surface area (Å²) in [4.78, 5) is 71.9. The van der Waals surface area contributed by atoms with Gasteiger partial charge in [-0.15, -0.1) is 0 Å². The van der Waals surface area contributed by atoms with Crippen LogP contribution in [0.3, 0.4) is 0 Å². The molecule has 314 valence electrons. The fourth-order valence-corrected chi connectivity index (χ4v) is 8.15. The molecule has 5 heterocycles. The van der Waals surface area contributed by atoms with E-state index in [1.807, 2.05) is 76.2 Å². The first-order chi connectivity index (χ1) is 28.8. The molecule has 0 unspecified atom stereocenters. The van der Waals surface area contributed by atoms with Gasteiger partial charge in [-0.3, -0.25) is 9.59 Å². The molecular weight excluding hydrogens is 765 g/mol. The zero-order valence-electron chi connectivity index (χ0n) is 34.8. The van der Waals surface area contributed by atoms with Crippen LogP contribution in [0.2, 0.25) is 0 Å². The number of carbonyl (C=O) groups excluding carboxylic acids is 4. The number of nitrogens with one attached hydrogen (secondary N) is 4. The molecular formula is C45H52N8O7. The number of carbonyl (C=O) groups is 4. The quantitative estimate of drug-likeness (QED) is 0.117. The number of hydrogen-bond donors (Lipinski definition) is 4. The third-order valence-electron chi connectivity index (χ3n) is 11.4. The van der Waals surface area contributed by atoms with E-state index in [1.54, 1.807) is 16.0 Å². The van der Waals surface area contributed by atoms with Crippen LogP contribution in [0.25, 0.3) is 22.3 Å². The number of fused-ring (bicyclic) bond motifs is 1. The van der Waals surface area contributed by atoms with Gasteiger partial charge in [-0.2, -0.15) is 0 Å². The van der Waals surface area contributed by atoms with Gasteiger partial charge in [0.15, 0.2) is 0 Å². The lowest BCUT2D eigenvalue weighted by Crippen LogP contribution is -2.52. The molecule has 0 bridgehead atoms. The lowest BCUT2D eigenvalue weighted by molar-refractivity contribution is -0.137. The first-order valence-electron chi connectivity index (χ1n) is 20.2. The molecule has 4 aromatic rings. The van der Waals surface area contributed by atoms with Crippen molar-refractivity contribution in [3.8, 4) is 23.1 Å². The van der Waals surface area contributed by atoms with Crippen molar-refractivity contribution in [3.63, 3.8) is 0 Å². The highest BCUT2D eigenvalue weighted by Gasteiger charge is 2.50. The van der Waals surface area contributed by atoms with Crippen molar-refractivity contribution in [1.82, 2.24) is 40.4 Å². The molecule has 2 aromatic carbocycles. The highest BCUT2D eigenvalue weighted by atomic mass is 16.5. The molecule has 0 radical (unpaired) electrons. The molecule has 7 rings (SSSR count). The Morgan fingerprint density at radius 3 is 2.15 bits per heavy atom. The SMILES string of the molecule is C=C1C[C@@H](c2ncc(-c3ccc(C#Cc4ccc5nc([C@@H]6C[C@@]7(CC=CCO7)CN6C(=O)[C@@H](NC(=O)OC)C(C)C)[nH]c5c4)cc3)[nH]2)N(C(=O)[C@@H](NC(=O)OC)C(C)C)C1. The third-order valence-corrected chi connectivity index (χ3v) is 11.4. The van der Waals surface area contributed by atoms with Crippen LogP contribution in [-0.2, 0) is 23.8 Å². The number of H-pyrrole nitrogens is 2. The Labute approximate surface area is 349 Å². The fraction of sp³-hybridized carbons (Fsp3) is 0.422. The number of likely N-dealkylation sites (tertiary alicyclic amines) is 2. The van der Waals surface area contributed by atoms with Crippen molar-refractivity contribution in [2.24, 2.45) is 11.8 Å². The maximum atomic E-state index is 14.1. The Morgan fingerprint density at radius 1 is 0.867 bits per heavy atom. The molecule has 3 aliphatic rings. The summed E-state index contributed by atoms with van der Waals surface area (Å²) in [6, 6.07) is 11.3. The van der Waals surface area contributed by atoms with Crippen molar-refractivity contribution in [2.45, 2.75) is 76.7 Å². The van der Waals surface area contributed by atoms with E-state index in [0.29, 0.717) is 50.6 Å². The number of alkyl carbamates (subject to hydrolysis) is 2. The van der Waals surface area contributed by atoms with Crippen molar-refractivity contribution < 1.29 is 33.4 Å². The van der Waals surface area contributed by atoms with Gasteiger partial charge in [-0.1, -0.05) is 76.0 Å². The zero-order chi connectivity index (χ0) is 42.7. The van der Waals surface area contributed by atoms with Crippen LogP contribution in [0.1, 0.15) is 81.8 Å². The minimum Gasteiger partial charge on any atom is -0.453 e. The average molecular weight is 817 g/mol. The first-order valence-corrected chi connectivity index (χ1v) is 20.2. The third kappa shape index (κ3) is 8.79. The van der Waals surface area contributed by atoms with E-state index < -0.39 is 35.9 Å². The van der Waals surface area contributed by atoms with Crippen LogP contribution in [0.5, 0.6) is 0 Å². The molecule has 5 atom stereocenters.